The molecule has 1 saturated carbocycles. The lowest BCUT2D eigenvalue weighted by Gasteiger charge is -2.28. The second-order valence-electron chi connectivity index (χ2n) is 4.79. The van der Waals surface area contributed by atoms with Crippen molar-refractivity contribution in [3.8, 4) is 11.5 Å². The number of phenolic OH excluding ortho intramolecular Hbond substituents is 1. The number of amides is 1. The zero-order valence-electron chi connectivity index (χ0n) is 10.9. The summed E-state index contributed by atoms with van der Waals surface area (Å²) in [5, 5.41) is 22.5. The smallest absolute Gasteiger partial charge is 0.255 e. The summed E-state index contributed by atoms with van der Waals surface area (Å²) in [5.74, 6) is -0.299. The Hall–Kier alpha value is -1.75. The van der Waals surface area contributed by atoms with Crippen LogP contribution in [0.2, 0.25) is 0 Å². The molecule has 1 aliphatic rings. The van der Waals surface area contributed by atoms with Gasteiger partial charge in [-0.05, 0) is 25.0 Å². The quantitative estimate of drug-likeness (QED) is 0.772. The molecule has 1 aromatic carbocycles. The van der Waals surface area contributed by atoms with E-state index in [4.69, 9.17) is 4.74 Å². The van der Waals surface area contributed by atoms with E-state index < -0.39 is 6.10 Å². The Morgan fingerprint density at radius 1 is 1.37 bits per heavy atom. The number of carbonyl (C=O) groups is 1. The Bertz CT molecular complexity index is 461. The normalized spacial score (nSPS) is 22.8. The number of methoxy groups -OCH3 is 1. The summed E-state index contributed by atoms with van der Waals surface area (Å²) in [6.07, 6.45) is 2.93. The Labute approximate surface area is 112 Å². The SMILES string of the molecule is COc1cccc(C(=O)NC2CCCCC2O)c1O. The lowest BCUT2D eigenvalue weighted by atomic mass is 9.92. The van der Waals surface area contributed by atoms with Gasteiger partial charge in [-0.3, -0.25) is 4.79 Å². The van der Waals surface area contributed by atoms with Gasteiger partial charge >= 0.3 is 0 Å². The number of phenols is 1. The van der Waals surface area contributed by atoms with Gasteiger partial charge < -0.3 is 20.3 Å². The first-order valence-electron chi connectivity index (χ1n) is 6.48. The summed E-state index contributed by atoms with van der Waals surface area (Å²) in [4.78, 5) is 12.1. The largest absolute Gasteiger partial charge is 0.504 e. The number of benzene rings is 1. The van der Waals surface area contributed by atoms with Crippen molar-refractivity contribution in [3.63, 3.8) is 0 Å². The van der Waals surface area contributed by atoms with Gasteiger partial charge in [0, 0.05) is 0 Å². The molecule has 0 aromatic heterocycles. The fourth-order valence-corrected chi connectivity index (χ4v) is 2.40. The molecular weight excluding hydrogens is 246 g/mol. The molecule has 1 amide bonds. The standard InChI is InChI=1S/C14H19NO4/c1-19-12-8-4-5-9(13(12)17)14(18)15-10-6-2-3-7-11(10)16/h4-5,8,10-11,16-17H,2-3,6-7H2,1H3,(H,15,18). The van der Waals surface area contributed by atoms with Gasteiger partial charge in [-0.15, -0.1) is 0 Å². The van der Waals surface area contributed by atoms with Crippen LogP contribution in [0.25, 0.3) is 0 Å². The predicted molar refractivity (Wildman–Crippen MR) is 70.4 cm³/mol. The molecule has 1 aromatic rings. The third-order valence-electron chi connectivity index (χ3n) is 3.51. The van der Waals surface area contributed by atoms with Crippen LogP contribution in [0.3, 0.4) is 0 Å². The summed E-state index contributed by atoms with van der Waals surface area (Å²) >= 11 is 0. The topological polar surface area (TPSA) is 78.8 Å². The fourth-order valence-electron chi connectivity index (χ4n) is 2.40. The maximum absolute atomic E-state index is 12.1. The minimum Gasteiger partial charge on any atom is -0.504 e. The highest BCUT2D eigenvalue weighted by atomic mass is 16.5. The summed E-state index contributed by atoms with van der Waals surface area (Å²) in [7, 11) is 1.43. The highest BCUT2D eigenvalue weighted by Gasteiger charge is 2.26. The number of aliphatic hydroxyl groups is 1. The van der Waals surface area contributed by atoms with Crippen molar-refractivity contribution in [1.82, 2.24) is 5.32 Å². The Morgan fingerprint density at radius 3 is 2.79 bits per heavy atom. The van der Waals surface area contributed by atoms with Crippen LogP contribution in [0, 0.1) is 0 Å². The molecule has 2 rings (SSSR count). The Kier molecular flexibility index (Phi) is 4.27. The zero-order chi connectivity index (χ0) is 13.8. The summed E-state index contributed by atoms with van der Waals surface area (Å²) in [6.45, 7) is 0. The Morgan fingerprint density at radius 2 is 2.11 bits per heavy atom. The van der Waals surface area contributed by atoms with Crippen LogP contribution in [0.4, 0.5) is 0 Å². The van der Waals surface area contributed by atoms with E-state index in [1.807, 2.05) is 0 Å². The van der Waals surface area contributed by atoms with E-state index in [-0.39, 0.29) is 29.0 Å². The number of aliphatic hydroxyl groups excluding tert-OH is 1. The van der Waals surface area contributed by atoms with Crippen molar-refractivity contribution in [3.05, 3.63) is 23.8 Å². The third-order valence-corrected chi connectivity index (χ3v) is 3.51. The molecule has 5 heteroatoms. The molecule has 1 aliphatic carbocycles. The number of ether oxygens (including phenoxy) is 1. The van der Waals surface area contributed by atoms with Crippen molar-refractivity contribution in [1.29, 1.82) is 0 Å². The van der Waals surface area contributed by atoms with E-state index in [1.165, 1.54) is 13.2 Å². The molecule has 0 heterocycles. The van der Waals surface area contributed by atoms with Gasteiger partial charge in [-0.2, -0.15) is 0 Å². The lowest BCUT2D eigenvalue weighted by molar-refractivity contribution is 0.0715. The van der Waals surface area contributed by atoms with Crippen molar-refractivity contribution < 1.29 is 19.7 Å². The molecule has 0 saturated heterocycles. The van der Waals surface area contributed by atoms with E-state index in [0.717, 1.165) is 19.3 Å². The van der Waals surface area contributed by atoms with Crippen LogP contribution in [0.5, 0.6) is 11.5 Å². The highest BCUT2D eigenvalue weighted by Crippen LogP contribution is 2.29. The molecule has 1 fully saturated rings. The van der Waals surface area contributed by atoms with E-state index in [1.54, 1.807) is 12.1 Å². The summed E-state index contributed by atoms with van der Waals surface area (Å²) in [6, 6.07) is 4.52. The first-order chi connectivity index (χ1) is 9.13. The average Bonchev–Trinajstić information content (AvgIpc) is 2.41. The number of hydrogen-bond donors (Lipinski definition) is 3. The number of nitrogens with one attached hydrogen (secondary N) is 1. The molecular formula is C14H19NO4. The fraction of sp³-hybridized carbons (Fsp3) is 0.500. The van der Waals surface area contributed by atoms with Gasteiger partial charge in [0.15, 0.2) is 11.5 Å². The highest BCUT2D eigenvalue weighted by molar-refractivity contribution is 5.97. The maximum Gasteiger partial charge on any atom is 0.255 e. The van der Waals surface area contributed by atoms with Gasteiger partial charge in [-0.25, -0.2) is 0 Å². The van der Waals surface area contributed by atoms with Gasteiger partial charge in [0.25, 0.3) is 5.91 Å². The number of rotatable bonds is 3. The third kappa shape index (κ3) is 2.98. The summed E-state index contributed by atoms with van der Waals surface area (Å²) < 4.78 is 4.97. The molecule has 0 aliphatic heterocycles. The Balaban J connectivity index is 2.11. The van der Waals surface area contributed by atoms with Crippen LogP contribution in [0.15, 0.2) is 18.2 Å². The lowest BCUT2D eigenvalue weighted by Crippen LogP contribution is -2.45. The predicted octanol–water partition coefficient (Wildman–Crippen LogP) is 1.43. The molecule has 0 spiro atoms. The zero-order valence-corrected chi connectivity index (χ0v) is 10.9. The van der Waals surface area contributed by atoms with Gasteiger partial charge in [0.1, 0.15) is 0 Å². The van der Waals surface area contributed by atoms with Gasteiger partial charge in [0.05, 0.1) is 24.8 Å². The molecule has 19 heavy (non-hydrogen) atoms. The molecule has 2 atom stereocenters. The second kappa shape index (κ2) is 5.93. The van der Waals surface area contributed by atoms with Crippen LogP contribution in [0.1, 0.15) is 36.0 Å². The van der Waals surface area contributed by atoms with Crippen molar-refractivity contribution >= 4 is 5.91 Å². The van der Waals surface area contributed by atoms with Crippen LogP contribution < -0.4 is 10.1 Å². The summed E-state index contributed by atoms with van der Waals surface area (Å²) in [5.41, 5.74) is 0.164. The van der Waals surface area contributed by atoms with E-state index in [0.29, 0.717) is 6.42 Å². The van der Waals surface area contributed by atoms with Crippen LogP contribution in [-0.2, 0) is 0 Å². The minimum atomic E-state index is -0.509. The molecule has 3 N–H and O–H groups in total. The second-order valence-corrected chi connectivity index (χ2v) is 4.79. The van der Waals surface area contributed by atoms with Crippen LogP contribution in [-0.4, -0.2) is 35.4 Å². The number of para-hydroxylation sites is 1. The molecule has 0 radical (unpaired) electrons. The van der Waals surface area contributed by atoms with Crippen molar-refractivity contribution in [2.45, 2.75) is 37.8 Å². The maximum atomic E-state index is 12.1. The number of aromatic hydroxyl groups is 1. The minimum absolute atomic E-state index is 0.164. The molecule has 5 nitrogen and oxygen atoms in total. The molecule has 104 valence electrons. The van der Waals surface area contributed by atoms with Crippen LogP contribution >= 0.6 is 0 Å². The number of hydrogen-bond acceptors (Lipinski definition) is 4. The molecule has 0 bridgehead atoms. The monoisotopic (exact) mass is 265 g/mol. The number of carbonyl (C=O) groups excluding carboxylic acids is 1. The van der Waals surface area contributed by atoms with E-state index >= 15 is 0 Å². The first kappa shape index (κ1) is 13.7. The van der Waals surface area contributed by atoms with E-state index in [2.05, 4.69) is 5.32 Å². The molecule has 2 unspecified atom stereocenters. The van der Waals surface area contributed by atoms with E-state index in [9.17, 15) is 15.0 Å². The van der Waals surface area contributed by atoms with Crippen molar-refractivity contribution in [2.75, 3.05) is 7.11 Å². The van der Waals surface area contributed by atoms with Crippen molar-refractivity contribution in [2.24, 2.45) is 0 Å². The first-order valence-corrected chi connectivity index (χ1v) is 6.48. The van der Waals surface area contributed by atoms with Gasteiger partial charge in [-0.1, -0.05) is 18.9 Å². The van der Waals surface area contributed by atoms with Gasteiger partial charge in [0.2, 0.25) is 0 Å². The average molecular weight is 265 g/mol.